The summed E-state index contributed by atoms with van der Waals surface area (Å²) < 4.78 is 11.3. The number of carbonyl (C=O) groups is 2. The van der Waals surface area contributed by atoms with Gasteiger partial charge in [0.2, 0.25) is 23.6 Å². The maximum Gasteiger partial charge on any atom is 0.248 e. The first-order chi connectivity index (χ1) is 15.4. The minimum absolute atomic E-state index is 0.0489. The second-order valence-electron chi connectivity index (χ2n) is 9.86. The van der Waals surface area contributed by atoms with Crippen molar-refractivity contribution >= 4 is 11.8 Å². The molecule has 4 rings (SSSR count). The average molecular weight is 448 g/mol. The number of hydrogen-bond acceptors (Lipinski definition) is 7. The maximum atomic E-state index is 13.0. The standard InChI is InChI=1S/C23H37N5O4/c1-4-31-15-20(30)27-11-7-23(8-12-27)13-18(22-25-24-21(32-22)17(2)3)28(16-23)14-19(29)26-9-5-6-10-26/h17-18H,4-16H2,1-3H3. The molecular formula is C23H37N5O4. The lowest BCUT2D eigenvalue weighted by molar-refractivity contribution is -0.138. The monoisotopic (exact) mass is 447 g/mol. The number of hydrogen-bond donors (Lipinski definition) is 0. The number of aromatic nitrogens is 2. The highest BCUT2D eigenvalue weighted by molar-refractivity contribution is 5.78. The van der Waals surface area contributed by atoms with Crippen LogP contribution in [0.15, 0.2) is 4.42 Å². The zero-order valence-corrected chi connectivity index (χ0v) is 19.7. The van der Waals surface area contributed by atoms with Gasteiger partial charge in [-0.3, -0.25) is 14.5 Å². The number of carbonyl (C=O) groups excluding carboxylic acids is 2. The van der Waals surface area contributed by atoms with Crippen LogP contribution in [0.2, 0.25) is 0 Å². The molecule has 1 spiro atoms. The van der Waals surface area contributed by atoms with E-state index < -0.39 is 0 Å². The predicted octanol–water partition coefficient (Wildman–Crippen LogP) is 2.21. The van der Waals surface area contributed by atoms with E-state index in [1.165, 1.54) is 0 Å². The Bertz CT molecular complexity index is 796. The van der Waals surface area contributed by atoms with E-state index >= 15 is 0 Å². The number of ether oxygens (including phenoxy) is 1. The Labute approximate surface area is 190 Å². The molecule has 178 valence electrons. The van der Waals surface area contributed by atoms with Gasteiger partial charge in [-0.2, -0.15) is 0 Å². The van der Waals surface area contributed by atoms with E-state index in [1.54, 1.807) is 0 Å². The molecule has 0 N–H and O–H groups in total. The molecule has 1 atom stereocenters. The van der Waals surface area contributed by atoms with Crippen molar-refractivity contribution in [2.24, 2.45) is 5.41 Å². The molecule has 4 heterocycles. The van der Waals surface area contributed by atoms with Crippen LogP contribution < -0.4 is 0 Å². The lowest BCUT2D eigenvalue weighted by atomic mass is 9.76. The van der Waals surface area contributed by atoms with Gasteiger partial charge in [0.1, 0.15) is 6.61 Å². The van der Waals surface area contributed by atoms with E-state index in [-0.39, 0.29) is 35.8 Å². The molecule has 1 aromatic heterocycles. The Morgan fingerprint density at radius 2 is 1.78 bits per heavy atom. The smallest absolute Gasteiger partial charge is 0.248 e. The summed E-state index contributed by atoms with van der Waals surface area (Å²) in [6.07, 6.45) is 4.90. The number of nitrogens with zero attached hydrogens (tertiary/aromatic N) is 5. The van der Waals surface area contributed by atoms with Crippen molar-refractivity contribution in [3.8, 4) is 0 Å². The molecule has 32 heavy (non-hydrogen) atoms. The number of amides is 2. The summed E-state index contributed by atoms with van der Waals surface area (Å²) in [5, 5.41) is 8.61. The SMILES string of the molecule is CCOCC(=O)N1CCC2(CC1)CC(c1nnc(C(C)C)o1)N(CC(=O)N1CCCC1)C2. The Morgan fingerprint density at radius 1 is 1.09 bits per heavy atom. The normalized spacial score (nSPS) is 23.6. The molecule has 2 amide bonds. The first kappa shape index (κ1) is 23.2. The van der Waals surface area contributed by atoms with Crippen LogP contribution in [0.4, 0.5) is 0 Å². The third-order valence-electron chi connectivity index (χ3n) is 7.24. The molecule has 0 radical (unpaired) electrons. The van der Waals surface area contributed by atoms with Gasteiger partial charge in [-0.15, -0.1) is 10.2 Å². The predicted molar refractivity (Wildman–Crippen MR) is 118 cm³/mol. The molecule has 0 aliphatic carbocycles. The highest BCUT2D eigenvalue weighted by Gasteiger charge is 2.49. The molecular weight excluding hydrogens is 410 g/mol. The fourth-order valence-electron chi connectivity index (χ4n) is 5.28. The third-order valence-corrected chi connectivity index (χ3v) is 7.24. The van der Waals surface area contributed by atoms with Crippen molar-refractivity contribution in [2.75, 3.05) is 52.5 Å². The molecule has 1 unspecified atom stereocenters. The summed E-state index contributed by atoms with van der Waals surface area (Å²) in [4.78, 5) is 31.5. The van der Waals surface area contributed by atoms with Crippen LogP contribution in [0.1, 0.15) is 76.6 Å². The highest BCUT2D eigenvalue weighted by atomic mass is 16.5. The molecule has 1 aromatic rings. The first-order valence-electron chi connectivity index (χ1n) is 12.1. The molecule has 0 bridgehead atoms. The second-order valence-corrected chi connectivity index (χ2v) is 9.86. The van der Waals surface area contributed by atoms with Crippen molar-refractivity contribution in [1.29, 1.82) is 0 Å². The highest BCUT2D eigenvalue weighted by Crippen LogP contribution is 2.48. The van der Waals surface area contributed by atoms with Gasteiger partial charge in [-0.05, 0) is 44.4 Å². The second kappa shape index (κ2) is 9.87. The average Bonchev–Trinajstić information content (AvgIpc) is 3.53. The lowest BCUT2D eigenvalue weighted by Gasteiger charge is -2.39. The van der Waals surface area contributed by atoms with Gasteiger partial charge in [-0.25, -0.2) is 0 Å². The zero-order valence-electron chi connectivity index (χ0n) is 19.7. The van der Waals surface area contributed by atoms with E-state index in [9.17, 15) is 9.59 Å². The van der Waals surface area contributed by atoms with Crippen LogP contribution in [-0.4, -0.2) is 89.2 Å². The summed E-state index contributed by atoms with van der Waals surface area (Å²) in [5.41, 5.74) is 0.0603. The molecule has 3 aliphatic heterocycles. The number of rotatable bonds is 7. The largest absolute Gasteiger partial charge is 0.423 e. The Hall–Kier alpha value is -2.00. The molecule has 3 saturated heterocycles. The van der Waals surface area contributed by atoms with E-state index in [2.05, 4.69) is 15.1 Å². The van der Waals surface area contributed by atoms with E-state index in [1.807, 2.05) is 30.6 Å². The molecule has 3 aliphatic rings. The van der Waals surface area contributed by atoms with E-state index in [0.717, 1.165) is 64.8 Å². The van der Waals surface area contributed by atoms with Crippen molar-refractivity contribution in [1.82, 2.24) is 24.9 Å². The van der Waals surface area contributed by atoms with Crippen molar-refractivity contribution < 1.29 is 18.7 Å². The van der Waals surface area contributed by atoms with Crippen LogP contribution in [-0.2, 0) is 14.3 Å². The minimum atomic E-state index is -0.0489. The number of likely N-dealkylation sites (tertiary alicyclic amines) is 3. The quantitative estimate of drug-likeness (QED) is 0.633. The third kappa shape index (κ3) is 4.98. The Morgan fingerprint density at radius 3 is 2.41 bits per heavy atom. The summed E-state index contributed by atoms with van der Waals surface area (Å²) in [7, 11) is 0. The van der Waals surface area contributed by atoms with Crippen molar-refractivity contribution in [2.45, 2.75) is 64.8 Å². The minimum Gasteiger partial charge on any atom is -0.423 e. The topological polar surface area (TPSA) is 92.0 Å². The summed E-state index contributed by atoms with van der Waals surface area (Å²) in [5.74, 6) is 1.69. The van der Waals surface area contributed by atoms with Gasteiger partial charge < -0.3 is 19.0 Å². The summed E-state index contributed by atoms with van der Waals surface area (Å²) in [6.45, 7) is 11.1. The summed E-state index contributed by atoms with van der Waals surface area (Å²) >= 11 is 0. The van der Waals surface area contributed by atoms with Gasteiger partial charge in [-0.1, -0.05) is 13.8 Å². The van der Waals surface area contributed by atoms with Gasteiger partial charge in [0.05, 0.1) is 12.6 Å². The molecule has 0 aromatic carbocycles. The first-order valence-corrected chi connectivity index (χ1v) is 12.1. The fourth-order valence-corrected chi connectivity index (χ4v) is 5.28. The Balaban J connectivity index is 1.46. The molecule has 9 nitrogen and oxygen atoms in total. The van der Waals surface area contributed by atoms with Gasteiger partial charge in [0, 0.05) is 45.2 Å². The van der Waals surface area contributed by atoms with Crippen LogP contribution in [0.3, 0.4) is 0 Å². The van der Waals surface area contributed by atoms with Crippen LogP contribution in [0.25, 0.3) is 0 Å². The van der Waals surface area contributed by atoms with E-state index in [0.29, 0.717) is 24.9 Å². The van der Waals surface area contributed by atoms with Gasteiger partial charge >= 0.3 is 0 Å². The van der Waals surface area contributed by atoms with Crippen LogP contribution in [0.5, 0.6) is 0 Å². The molecule has 0 saturated carbocycles. The molecule has 3 fully saturated rings. The van der Waals surface area contributed by atoms with Crippen molar-refractivity contribution in [3.05, 3.63) is 11.8 Å². The Kier molecular flexibility index (Phi) is 7.14. The van der Waals surface area contributed by atoms with E-state index in [4.69, 9.17) is 9.15 Å². The maximum absolute atomic E-state index is 13.0. The zero-order chi connectivity index (χ0) is 22.7. The lowest BCUT2D eigenvalue weighted by Crippen LogP contribution is -2.46. The number of piperidine rings is 1. The molecule has 9 heteroatoms. The summed E-state index contributed by atoms with van der Waals surface area (Å²) in [6, 6.07) is -0.0489. The van der Waals surface area contributed by atoms with Crippen LogP contribution >= 0.6 is 0 Å². The van der Waals surface area contributed by atoms with Crippen molar-refractivity contribution in [3.63, 3.8) is 0 Å². The van der Waals surface area contributed by atoms with Gasteiger partial charge in [0.15, 0.2) is 0 Å². The fraction of sp³-hybridized carbons (Fsp3) is 0.826. The van der Waals surface area contributed by atoms with Crippen LogP contribution in [0, 0.1) is 5.41 Å². The van der Waals surface area contributed by atoms with Gasteiger partial charge in [0.25, 0.3) is 0 Å².